The van der Waals surface area contributed by atoms with Crippen LogP contribution in [0.4, 0.5) is 0 Å². The summed E-state index contributed by atoms with van der Waals surface area (Å²) in [6.07, 6.45) is 0.671. The van der Waals surface area contributed by atoms with Gasteiger partial charge in [-0.15, -0.1) is 0 Å². The van der Waals surface area contributed by atoms with E-state index in [4.69, 9.17) is 0 Å². The summed E-state index contributed by atoms with van der Waals surface area (Å²) >= 11 is 0. The van der Waals surface area contributed by atoms with Gasteiger partial charge in [0.25, 0.3) is 0 Å². The number of carbonyl (C=O) groups excluding carboxylic acids is 1. The molecule has 10 heavy (non-hydrogen) atoms. The van der Waals surface area contributed by atoms with Crippen LogP contribution in [0.5, 0.6) is 0 Å². The minimum atomic E-state index is -1.89. The molecule has 0 N–H and O–H groups in total. The van der Waals surface area contributed by atoms with Gasteiger partial charge in [-0.25, -0.2) is 0 Å². The zero-order valence-electron chi connectivity index (χ0n) is 5.87. The van der Waals surface area contributed by atoms with Crippen LogP contribution in [0.2, 0.25) is 0 Å². The van der Waals surface area contributed by atoms with Gasteiger partial charge in [0.15, 0.2) is 8.03 Å². The molecule has 2 unspecified atom stereocenters. The second-order valence-corrected chi connectivity index (χ2v) is 2.97. The molecular weight excluding hydrogens is 228 g/mol. The predicted octanol–water partition coefficient (Wildman–Crippen LogP) is 0.754. The molecule has 0 spiro atoms. The summed E-state index contributed by atoms with van der Waals surface area (Å²) in [4.78, 5) is 9.88. The maximum atomic E-state index is 10.3. The van der Waals surface area contributed by atoms with Crippen molar-refractivity contribution in [1.29, 1.82) is 0 Å². The van der Waals surface area contributed by atoms with Gasteiger partial charge in [-0.1, -0.05) is 5.92 Å². The number of carbonyl (C=O) groups is 1. The molecule has 0 saturated heterocycles. The average Bonchev–Trinajstić information content (AvgIpc) is 1.83. The van der Waals surface area contributed by atoms with Gasteiger partial charge < -0.3 is 16.2 Å². The molecule has 0 aliphatic rings. The fourth-order valence-electron chi connectivity index (χ4n) is 0.264. The Balaban J connectivity index is 0. The van der Waals surface area contributed by atoms with Gasteiger partial charge in [0, 0.05) is 46.0 Å². The number of hydrogen-bond donors (Lipinski definition) is 0. The molecule has 0 amide bonds. The van der Waals surface area contributed by atoms with Crippen molar-refractivity contribution in [3.63, 3.8) is 0 Å². The van der Waals surface area contributed by atoms with E-state index in [0.29, 0.717) is 6.29 Å². The van der Waals surface area contributed by atoms with Crippen LogP contribution in [0.25, 0.3) is 0 Å². The van der Waals surface area contributed by atoms with Crippen LogP contribution in [-0.2, 0) is 46.6 Å². The second kappa shape index (κ2) is 8.06. The average molecular weight is 238 g/mol. The monoisotopic (exact) mass is 238 g/mol. The largest absolute Gasteiger partial charge is 0.333 e. The molecule has 0 rings (SSSR count). The Hall–Kier alpha value is 0.964. The van der Waals surface area contributed by atoms with Crippen molar-refractivity contribution < 1.29 is 46.6 Å². The van der Waals surface area contributed by atoms with E-state index in [0.717, 1.165) is 0 Å². The van der Waals surface area contributed by atoms with Crippen molar-refractivity contribution in [1.82, 2.24) is 0 Å². The first-order valence-electron chi connectivity index (χ1n) is 2.58. The van der Waals surface area contributed by atoms with Crippen molar-refractivity contribution >= 4 is 14.3 Å². The molecule has 0 fully saturated rings. The van der Waals surface area contributed by atoms with Gasteiger partial charge in [-0.05, 0) is 0 Å². The van der Waals surface area contributed by atoms with Gasteiger partial charge in [-0.2, -0.15) is 0 Å². The van der Waals surface area contributed by atoms with Gasteiger partial charge in [0.2, 0.25) is 0 Å². The Morgan fingerprint density at radius 2 is 2.30 bits per heavy atom. The third-order valence-corrected chi connectivity index (χ3v) is 1.27. The maximum absolute atomic E-state index is 10.3. The molecule has 1 radical (unpaired) electrons. The van der Waals surface area contributed by atoms with Crippen LogP contribution < -0.4 is 0 Å². The Labute approximate surface area is 86.6 Å². The first-order chi connectivity index (χ1) is 4.16. The summed E-state index contributed by atoms with van der Waals surface area (Å²) in [7, 11) is -1.89. The fraction of sp³-hybridized carbons (Fsp3) is 0.600. The molecule has 0 aromatic heterocycles. The minimum absolute atomic E-state index is 0. The Morgan fingerprint density at radius 3 is 2.60 bits per heavy atom. The maximum Gasteiger partial charge on any atom is 0.188 e. The van der Waals surface area contributed by atoms with E-state index in [1.54, 1.807) is 0 Å². The molecule has 0 aromatic carbocycles. The van der Waals surface area contributed by atoms with Gasteiger partial charge in [-0.3, -0.25) is 4.57 Å². The SMILES string of the molecule is [CH2-]C(C=O)CO[PH](C)=O.[Y]. The molecule has 0 heterocycles. The van der Waals surface area contributed by atoms with Crippen LogP contribution in [-0.4, -0.2) is 19.6 Å². The number of hydrogen-bond acceptors (Lipinski definition) is 3. The normalized spacial score (nSPS) is 15.0. The summed E-state index contributed by atoms with van der Waals surface area (Å²) in [6, 6.07) is 0. The number of aldehydes is 1. The van der Waals surface area contributed by atoms with Crippen LogP contribution in [0.3, 0.4) is 0 Å². The van der Waals surface area contributed by atoms with Crippen LogP contribution in [0.1, 0.15) is 0 Å². The molecule has 57 valence electrons. The van der Waals surface area contributed by atoms with Gasteiger partial charge in [0.1, 0.15) is 0 Å². The molecule has 0 aliphatic carbocycles. The van der Waals surface area contributed by atoms with Crippen molar-refractivity contribution in [2.45, 2.75) is 0 Å². The first-order valence-corrected chi connectivity index (χ1v) is 4.40. The smallest absolute Gasteiger partial charge is 0.188 e. The van der Waals surface area contributed by atoms with E-state index in [2.05, 4.69) is 11.4 Å². The van der Waals surface area contributed by atoms with Crippen molar-refractivity contribution in [3.05, 3.63) is 6.92 Å². The summed E-state index contributed by atoms with van der Waals surface area (Å²) in [5.74, 6) is -0.390. The molecule has 3 nitrogen and oxygen atoms in total. The van der Waals surface area contributed by atoms with Crippen LogP contribution in [0, 0.1) is 12.8 Å². The van der Waals surface area contributed by atoms with Gasteiger partial charge in [0.05, 0.1) is 6.29 Å². The molecule has 0 bridgehead atoms. The molecule has 0 aliphatic heterocycles. The summed E-state index contributed by atoms with van der Waals surface area (Å²) in [6.45, 7) is 5.05. The molecule has 0 aromatic rings. The Kier molecular flexibility index (Phi) is 10.9. The third-order valence-electron chi connectivity index (χ3n) is 0.693. The zero-order chi connectivity index (χ0) is 7.28. The van der Waals surface area contributed by atoms with Crippen molar-refractivity contribution in [3.8, 4) is 0 Å². The van der Waals surface area contributed by atoms with Gasteiger partial charge >= 0.3 is 0 Å². The molecular formula is C5H10O3PY-. The van der Waals surface area contributed by atoms with Crippen LogP contribution >= 0.6 is 8.03 Å². The van der Waals surface area contributed by atoms with E-state index in [-0.39, 0.29) is 45.2 Å². The molecule has 5 heteroatoms. The van der Waals surface area contributed by atoms with Crippen LogP contribution in [0.15, 0.2) is 0 Å². The van der Waals surface area contributed by atoms with Crippen molar-refractivity contribution in [2.24, 2.45) is 5.92 Å². The Bertz CT molecular complexity index is 117. The fourth-order valence-corrected chi connectivity index (χ4v) is 0.712. The van der Waals surface area contributed by atoms with E-state index in [1.165, 1.54) is 6.66 Å². The summed E-state index contributed by atoms with van der Waals surface area (Å²) in [5, 5.41) is 0. The summed E-state index contributed by atoms with van der Waals surface area (Å²) in [5.41, 5.74) is 0. The van der Waals surface area contributed by atoms with E-state index in [9.17, 15) is 9.36 Å². The van der Waals surface area contributed by atoms with E-state index < -0.39 is 8.03 Å². The minimum Gasteiger partial charge on any atom is -0.333 e. The Morgan fingerprint density at radius 1 is 1.80 bits per heavy atom. The number of rotatable bonds is 4. The van der Waals surface area contributed by atoms with E-state index in [1.807, 2.05) is 0 Å². The third kappa shape index (κ3) is 8.96. The quantitative estimate of drug-likeness (QED) is 0.412. The standard InChI is InChI=1S/C5H10O3P.Y/c1-5(3-6)4-8-9(2)7;/h3,5,9H,1,4H2,2H3;/q-1;. The second-order valence-electron chi connectivity index (χ2n) is 1.70. The molecule has 2 atom stereocenters. The van der Waals surface area contributed by atoms with Crippen molar-refractivity contribution in [2.75, 3.05) is 13.3 Å². The predicted molar refractivity (Wildman–Crippen MR) is 35.8 cm³/mol. The van der Waals surface area contributed by atoms with E-state index >= 15 is 0 Å². The summed E-state index contributed by atoms with van der Waals surface area (Å²) < 4.78 is 14.9. The first kappa shape index (κ1) is 13.5. The topological polar surface area (TPSA) is 43.4 Å². The zero-order valence-corrected chi connectivity index (χ0v) is 9.71. The molecule has 0 saturated carbocycles.